The number of anilines is 1. The van der Waals surface area contributed by atoms with Gasteiger partial charge >= 0.3 is 0 Å². The minimum Gasteiger partial charge on any atom is -0.493 e. The first-order valence-corrected chi connectivity index (χ1v) is 8.45. The average Bonchev–Trinajstić information content (AvgIpc) is 2.89. The number of sulfonamides is 1. The average molecular weight is 332 g/mol. The second-order valence-electron chi connectivity index (χ2n) is 5.50. The Morgan fingerprint density at radius 1 is 1.26 bits per heavy atom. The number of carbonyl (C=O) groups excluding carboxylic acids is 1. The SMILES string of the molecule is CC1=CC2=C(C1)C(C(=O)Nc1ccccc1)=C(O)N(C)S2(=O)=O. The Hall–Kier alpha value is -2.54. The molecule has 1 aromatic carbocycles. The molecule has 0 aromatic heterocycles. The highest BCUT2D eigenvalue weighted by Crippen LogP contribution is 2.40. The lowest BCUT2D eigenvalue weighted by Gasteiger charge is -2.27. The third-order valence-corrected chi connectivity index (χ3v) is 5.67. The van der Waals surface area contributed by atoms with Crippen LogP contribution in [-0.2, 0) is 14.8 Å². The second-order valence-corrected chi connectivity index (χ2v) is 7.44. The summed E-state index contributed by atoms with van der Waals surface area (Å²) in [5.74, 6) is -1.09. The predicted octanol–water partition coefficient (Wildman–Crippen LogP) is 2.27. The zero-order chi connectivity index (χ0) is 16.8. The van der Waals surface area contributed by atoms with Crippen LogP contribution >= 0.6 is 0 Å². The summed E-state index contributed by atoms with van der Waals surface area (Å²) in [6.45, 7) is 1.79. The molecule has 0 saturated heterocycles. The Bertz CT molecular complexity index is 880. The summed E-state index contributed by atoms with van der Waals surface area (Å²) in [4.78, 5) is 12.7. The maximum absolute atomic E-state index is 12.6. The van der Waals surface area contributed by atoms with Crippen molar-refractivity contribution in [3.8, 4) is 0 Å². The molecule has 2 aliphatic rings. The summed E-state index contributed by atoms with van der Waals surface area (Å²) in [5, 5.41) is 12.9. The lowest BCUT2D eigenvalue weighted by molar-refractivity contribution is -0.112. The van der Waals surface area contributed by atoms with E-state index < -0.39 is 21.8 Å². The van der Waals surface area contributed by atoms with Crippen molar-refractivity contribution in [3.05, 3.63) is 63.9 Å². The van der Waals surface area contributed by atoms with E-state index in [2.05, 4.69) is 5.32 Å². The highest BCUT2D eigenvalue weighted by molar-refractivity contribution is 7.93. The van der Waals surface area contributed by atoms with Crippen LogP contribution in [0.2, 0.25) is 0 Å². The molecule has 120 valence electrons. The number of aliphatic hydroxyl groups is 1. The number of benzene rings is 1. The molecule has 0 unspecified atom stereocenters. The van der Waals surface area contributed by atoms with E-state index in [9.17, 15) is 18.3 Å². The molecular weight excluding hydrogens is 316 g/mol. The highest BCUT2D eigenvalue weighted by atomic mass is 32.2. The molecular formula is C16H16N2O4S. The number of rotatable bonds is 2. The number of hydrogen-bond acceptors (Lipinski definition) is 4. The molecule has 6 nitrogen and oxygen atoms in total. The molecule has 2 N–H and O–H groups in total. The molecule has 0 saturated carbocycles. The van der Waals surface area contributed by atoms with Crippen molar-refractivity contribution in [2.75, 3.05) is 12.4 Å². The minimum absolute atomic E-state index is 0.00530. The number of carbonyl (C=O) groups is 1. The molecule has 0 fully saturated rings. The van der Waals surface area contributed by atoms with E-state index in [0.29, 0.717) is 17.7 Å². The maximum Gasteiger partial charge on any atom is 0.266 e. The molecule has 1 heterocycles. The van der Waals surface area contributed by atoms with Crippen molar-refractivity contribution in [3.63, 3.8) is 0 Å². The monoisotopic (exact) mass is 332 g/mol. The van der Waals surface area contributed by atoms with Crippen LogP contribution < -0.4 is 5.32 Å². The van der Waals surface area contributed by atoms with Crippen LogP contribution in [0, 0.1) is 0 Å². The van der Waals surface area contributed by atoms with Gasteiger partial charge in [0, 0.05) is 12.7 Å². The van der Waals surface area contributed by atoms with Gasteiger partial charge in [0.25, 0.3) is 15.9 Å². The quantitative estimate of drug-likeness (QED) is 0.870. The van der Waals surface area contributed by atoms with E-state index >= 15 is 0 Å². The highest BCUT2D eigenvalue weighted by Gasteiger charge is 2.40. The topological polar surface area (TPSA) is 86.7 Å². The fourth-order valence-electron chi connectivity index (χ4n) is 2.68. The van der Waals surface area contributed by atoms with Gasteiger partial charge in [-0.05, 0) is 37.1 Å². The van der Waals surface area contributed by atoms with Crippen LogP contribution in [0.5, 0.6) is 0 Å². The van der Waals surface area contributed by atoms with Crippen molar-refractivity contribution in [1.82, 2.24) is 4.31 Å². The predicted molar refractivity (Wildman–Crippen MR) is 86.8 cm³/mol. The van der Waals surface area contributed by atoms with Crippen LogP contribution in [0.25, 0.3) is 0 Å². The molecule has 1 amide bonds. The minimum atomic E-state index is -3.81. The summed E-state index contributed by atoms with van der Waals surface area (Å²) < 4.78 is 25.5. The summed E-state index contributed by atoms with van der Waals surface area (Å²) in [6.07, 6.45) is 1.87. The maximum atomic E-state index is 12.6. The first kappa shape index (κ1) is 15.4. The number of amides is 1. The molecule has 1 aliphatic carbocycles. The normalized spacial score (nSPS) is 19.6. The van der Waals surface area contributed by atoms with Gasteiger partial charge < -0.3 is 10.4 Å². The number of para-hydroxylation sites is 1. The van der Waals surface area contributed by atoms with Gasteiger partial charge in [0.15, 0.2) is 0 Å². The van der Waals surface area contributed by atoms with Crippen molar-refractivity contribution in [2.24, 2.45) is 0 Å². The fourth-order valence-corrected chi connectivity index (χ4v) is 4.13. The number of hydrogen-bond donors (Lipinski definition) is 2. The molecule has 0 spiro atoms. The van der Waals surface area contributed by atoms with E-state index in [1.807, 2.05) is 6.07 Å². The number of nitrogens with one attached hydrogen (secondary N) is 1. The van der Waals surface area contributed by atoms with E-state index in [1.54, 1.807) is 37.3 Å². The smallest absolute Gasteiger partial charge is 0.266 e. The Labute approximate surface area is 134 Å². The van der Waals surface area contributed by atoms with Gasteiger partial charge in [0.2, 0.25) is 5.88 Å². The second kappa shape index (κ2) is 5.27. The standard InChI is InChI=1S/C16H16N2O4S/c1-10-8-12-13(9-10)23(21,22)18(2)16(20)14(12)15(19)17-11-6-4-3-5-7-11/h3-7,9,20H,8H2,1-2H3,(H,17,19). The van der Waals surface area contributed by atoms with Crippen LogP contribution in [0.1, 0.15) is 13.3 Å². The van der Waals surface area contributed by atoms with Crippen LogP contribution in [0.4, 0.5) is 5.69 Å². The van der Waals surface area contributed by atoms with Gasteiger partial charge in [-0.3, -0.25) is 4.79 Å². The number of allylic oxidation sites excluding steroid dienone is 2. The molecule has 0 bridgehead atoms. The lowest BCUT2D eigenvalue weighted by atomic mass is 10.0. The van der Waals surface area contributed by atoms with Crippen LogP contribution in [0.3, 0.4) is 0 Å². The Morgan fingerprint density at radius 3 is 2.57 bits per heavy atom. The zero-order valence-corrected chi connectivity index (χ0v) is 13.5. The summed E-state index contributed by atoms with van der Waals surface area (Å²) in [7, 11) is -2.58. The number of aliphatic hydroxyl groups excluding tert-OH is 1. The first-order valence-electron chi connectivity index (χ1n) is 7.01. The van der Waals surface area contributed by atoms with Gasteiger partial charge in [0.05, 0.1) is 4.91 Å². The lowest BCUT2D eigenvalue weighted by Crippen LogP contribution is -2.35. The third kappa shape index (κ3) is 2.43. The molecule has 3 rings (SSSR count). The molecule has 0 atom stereocenters. The molecule has 1 aliphatic heterocycles. The van der Waals surface area contributed by atoms with Gasteiger partial charge in [-0.1, -0.05) is 23.8 Å². The van der Waals surface area contributed by atoms with Crippen molar-refractivity contribution < 1.29 is 18.3 Å². The summed E-state index contributed by atoms with van der Waals surface area (Å²) in [6, 6.07) is 8.79. The molecule has 0 radical (unpaired) electrons. The van der Waals surface area contributed by atoms with E-state index in [-0.39, 0.29) is 10.5 Å². The van der Waals surface area contributed by atoms with E-state index in [4.69, 9.17) is 0 Å². The Balaban J connectivity index is 2.05. The first-order chi connectivity index (χ1) is 10.8. The summed E-state index contributed by atoms with van der Waals surface area (Å²) >= 11 is 0. The van der Waals surface area contributed by atoms with Gasteiger partial charge in [-0.2, -0.15) is 0 Å². The van der Waals surface area contributed by atoms with Gasteiger partial charge in [-0.25, -0.2) is 12.7 Å². The molecule has 7 heteroatoms. The molecule has 1 aromatic rings. The van der Waals surface area contributed by atoms with Crippen LogP contribution in [-0.4, -0.2) is 30.8 Å². The van der Waals surface area contributed by atoms with Crippen molar-refractivity contribution in [1.29, 1.82) is 0 Å². The Kier molecular flexibility index (Phi) is 3.52. The van der Waals surface area contributed by atoms with Gasteiger partial charge in [-0.15, -0.1) is 0 Å². The largest absolute Gasteiger partial charge is 0.493 e. The fraction of sp³-hybridized carbons (Fsp3) is 0.188. The van der Waals surface area contributed by atoms with Crippen molar-refractivity contribution >= 4 is 21.6 Å². The Morgan fingerprint density at radius 2 is 1.91 bits per heavy atom. The molecule has 23 heavy (non-hydrogen) atoms. The summed E-state index contributed by atoms with van der Waals surface area (Å²) in [5.41, 5.74) is 1.73. The van der Waals surface area contributed by atoms with Crippen LogP contribution in [0.15, 0.2) is 63.9 Å². The van der Waals surface area contributed by atoms with Crippen molar-refractivity contribution in [2.45, 2.75) is 13.3 Å². The van der Waals surface area contributed by atoms with E-state index in [0.717, 1.165) is 9.88 Å². The van der Waals surface area contributed by atoms with E-state index in [1.165, 1.54) is 7.05 Å². The van der Waals surface area contributed by atoms with Gasteiger partial charge in [0.1, 0.15) is 5.57 Å². The third-order valence-electron chi connectivity index (χ3n) is 3.85. The zero-order valence-electron chi connectivity index (χ0n) is 12.7. The number of nitrogens with zero attached hydrogens (tertiary/aromatic N) is 1.